The molecule has 0 atom stereocenters. The molecule has 1 amide bonds. The number of aromatic nitrogens is 2. The Kier molecular flexibility index (Phi) is 4.84. The quantitative estimate of drug-likeness (QED) is 0.722. The van der Waals surface area contributed by atoms with Crippen LogP contribution in [-0.4, -0.2) is 27.6 Å². The first-order valence-corrected chi connectivity index (χ1v) is 8.40. The lowest BCUT2D eigenvalue weighted by molar-refractivity contribution is 0.0777. The van der Waals surface area contributed by atoms with Crippen LogP contribution in [-0.2, 0) is 6.54 Å². The van der Waals surface area contributed by atoms with Crippen molar-refractivity contribution in [1.29, 1.82) is 0 Å². The highest BCUT2D eigenvalue weighted by atomic mass is 19.1. The number of carbonyl (C=O) groups is 1. The van der Waals surface area contributed by atoms with Gasteiger partial charge in [-0.3, -0.25) is 9.59 Å². The number of hydrogen-bond donors (Lipinski definition) is 0. The fourth-order valence-electron chi connectivity index (χ4n) is 2.85. The second kappa shape index (κ2) is 7.07. The number of fused-ring (bicyclic) bond motifs is 1. The Bertz CT molecular complexity index is 1030. The molecule has 0 unspecified atom stereocenters. The second-order valence-corrected chi connectivity index (χ2v) is 6.49. The molecule has 0 spiro atoms. The zero-order chi connectivity index (χ0) is 18.8. The summed E-state index contributed by atoms with van der Waals surface area (Å²) >= 11 is 0. The minimum Gasteiger partial charge on any atom is -0.336 e. The van der Waals surface area contributed by atoms with E-state index in [1.165, 1.54) is 15.6 Å². The Morgan fingerprint density at radius 3 is 2.38 bits per heavy atom. The Hall–Kier alpha value is -3.02. The Morgan fingerprint density at radius 1 is 1.12 bits per heavy atom. The van der Waals surface area contributed by atoms with Gasteiger partial charge in [0.1, 0.15) is 5.82 Å². The third kappa shape index (κ3) is 3.22. The predicted octanol–water partition coefficient (Wildman–Crippen LogP) is 3.39. The van der Waals surface area contributed by atoms with E-state index in [2.05, 4.69) is 5.10 Å². The Labute approximate surface area is 150 Å². The standard InChI is InChI=1S/C20H20FN3O2/c1-13(2)24-19(25)16-10-6-5-9-15(16)18(22-24)20(26)23(3)12-14-8-4-7-11-17(14)21/h4-11,13H,12H2,1-3H3. The topological polar surface area (TPSA) is 55.2 Å². The Morgan fingerprint density at radius 2 is 1.73 bits per heavy atom. The van der Waals surface area contributed by atoms with E-state index < -0.39 is 0 Å². The number of hydrogen-bond acceptors (Lipinski definition) is 3. The molecule has 0 aliphatic heterocycles. The van der Waals surface area contributed by atoms with Crippen molar-refractivity contribution in [1.82, 2.24) is 14.7 Å². The molecule has 6 heteroatoms. The molecule has 0 saturated carbocycles. The molecule has 1 heterocycles. The highest BCUT2D eigenvalue weighted by Crippen LogP contribution is 2.18. The third-order valence-corrected chi connectivity index (χ3v) is 4.23. The van der Waals surface area contributed by atoms with Gasteiger partial charge in [-0.25, -0.2) is 9.07 Å². The van der Waals surface area contributed by atoms with E-state index in [0.29, 0.717) is 16.3 Å². The van der Waals surface area contributed by atoms with Crippen molar-refractivity contribution in [3.05, 3.63) is 76.0 Å². The largest absolute Gasteiger partial charge is 0.336 e. The normalized spacial score (nSPS) is 11.1. The van der Waals surface area contributed by atoms with Gasteiger partial charge in [0, 0.05) is 24.5 Å². The van der Waals surface area contributed by atoms with E-state index in [-0.39, 0.29) is 35.6 Å². The molecule has 3 rings (SSSR count). The van der Waals surface area contributed by atoms with Crippen molar-refractivity contribution in [2.45, 2.75) is 26.4 Å². The van der Waals surface area contributed by atoms with Gasteiger partial charge >= 0.3 is 0 Å². The van der Waals surface area contributed by atoms with Gasteiger partial charge in [-0.15, -0.1) is 0 Å². The van der Waals surface area contributed by atoms with Crippen molar-refractivity contribution < 1.29 is 9.18 Å². The molecule has 0 fully saturated rings. The number of rotatable bonds is 4. The number of nitrogens with zero attached hydrogens (tertiary/aromatic N) is 3. The lowest BCUT2D eigenvalue weighted by atomic mass is 10.1. The van der Waals surface area contributed by atoms with Crippen molar-refractivity contribution in [2.24, 2.45) is 0 Å². The lowest BCUT2D eigenvalue weighted by Crippen LogP contribution is -2.32. The molecule has 2 aromatic carbocycles. The maximum atomic E-state index is 13.9. The Balaban J connectivity index is 2.06. The van der Waals surface area contributed by atoms with E-state index in [4.69, 9.17) is 0 Å². The zero-order valence-corrected chi connectivity index (χ0v) is 14.9. The maximum Gasteiger partial charge on any atom is 0.274 e. The van der Waals surface area contributed by atoms with Crippen LogP contribution >= 0.6 is 0 Å². The van der Waals surface area contributed by atoms with Crippen LogP contribution in [0.2, 0.25) is 0 Å². The summed E-state index contributed by atoms with van der Waals surface area (Å²) in [5.74, 6) is -0.726. The van der Waals surface area contributed by atoms with E-state index in [1.807, 2.05) is 13.8 Å². The summed E-state index contributed by atoms with van der Waals surface area (Å²) in [4.78, 5) is 27.0. The zero-order valence-electron chi connectivity index (χ0n) is 14.9. The summed E-state index contributed by atoms with van der Waals surface area (Å²) in [5, 5.41) is 5.25. The van der Waals surface area contributed by atoms with Crippen molar-refractivity contribution in [3.8, 4) is 0 Å². The van der Waals surface area contributed by atoms with Crippen LogP contribution in [0.4, 0.5) is 4.39 Å². The number of amides is 1. The minimum absolute atomic E-state index is 0.113. The van der Waals surface area contributed by atoms with Gasteiger partial charge in [0.05, 0.1) is 11.4 Å². The number of carbonyl (C=O) groups excluding carboxylic acids is 1. The second-order valence-electron chi connectivity index (χ2n) is 6.49. The smallest absolute Gasteiger partial charge is 0.274 e. The molecular formula is C20H20FN3O2. The van der Waals surface area contributed by atoms with E-state index in [1.54, 1.807) is 49.5 Å². The number of benzene rings is 2. The summed E-state index contributed by atoms with van der Waals surface area (Å²) in [6, 6.07) is 13.1. The molecule has 134 valence electrons. The molecule has 1 aromatic heterocycles. The van der Waals surface area contributed by atoms with Crippen LogP contribution in [0.25, 0.3) is 10.8 Å². The lowest BCUT2D eigenvalue weighted by Gasteiger charge is -2.19. The van der Waals surface area contributed by atoms with Crippen LogP contribution in [0.5, 0.6) is 0 Å². The first kappa shape index (κ1) is 17.8. The minimum atomic E-state index is -0.364. The summed E-state index contributed by atoms with van der Waals surface area (Å²) in [7, 11) is 1.59. The molecule has 0 N–H and O–H groups in total. The molecule has 0 aliphatic rings. The van der Waals surface area contributed by atoms with E-state index in [0.717, 1.165) is 0 Å². The van der Waals surface area contributed by atoms with Crippen molar-refractivity contribution >= 4 is 16.7 Å². The molecule has 0 bridgehead atoms. The molecular weight excluding hydrogens is 333 g/mol. The van der Waals surface area contributed by atoms with E-state index in [9.17, 15) is 14.0 Å². The molecule has 26 heavy (non-hydrogen) atoms. The molecule has 0 radical (unpaired) electrons. The van der Waals surface area contributed by atoms with E-state index >= 15 is 0 Å². The summed E-state index contributed by atoms with van der Waals surface area (Å²) in [6.07, 6.45) is 0. The average Bonchev–Trinajstić information content (AvgIpc) is 2.63. The maximum absolute atomic E-state index is 13.9. The highest BCUT2D eigenvalue weighted by Gasteiger charge is 2.21. The molecule has 0 saturated heterocycles. The van der Waals surface area contributed by atoms with Crippen LogP contribution in [0.3, 0.4) is 0 Å². The monoisotopic (exact) mass is 353 g/mol. The van der Waals surface area contributed by atoms with Crippen LogP contribution in [0.15, 0.2) is 53.3 Å². The van der Waals surface area contributed by atoms with Gasteiger partial charge in [-0.05, 0) is 26.0 Å². The highest BCUT2D eigenvalue weighted by molar-refractivity contribution is 6.04. The molecule has 3 aromatic rings. The van der Waals surface area contributed by atoms with Gasteiger partial charge in [0.25, 0.3) is 11.5 Å². The number of halogens is 1. The SMILES string of the molecule is CC(C)n1nc(C(=O)N(C)Cc2ccccc2F)c2ccccc2c1=O. The average molecular weight is 353 g/mol. The van der Waals surface area contributed by atoms with Gasteiger partial charge in [0.15, 0.2) is 5.69 Å². The van der Waals surface area contributed by atoms with Crippen LogP contribution in [0.1, 0.15) is 35.9 Å². The predicted molar refractivity (Wildman–Crippen MR) is 98.6 cm³/mol. The third-order valence-electron chi connectivity index (χ3n) is 4.23. The van der Waals surface area contributed by atoms with Crippen molar-refractivity contribution in [2.75, 3.05) is 7.05 Å². The van der Waals surface area contributed by atoms with Crippen LogP contribution in [0, 0.1) is 5.82 Å². The van der Waals surface area contributed by atoms with Gasteiger partial charge in [0.2, 0.25) is 0 Å². The summed E-state index contributed by atoms with van der Waals surface area (Å²) in [5.41, 5.74) is 0.376. The van der Waals surface area contributed by atoms with Crippen LogP contribution < -0.4 is 5.56 Å². The fraction of sp³-hybridized carbons (Fsp3) is 0.250. The van der Waals surface area contributed by atoms with Gasteiger partial charge < -0.3 is 4.90 Å². The van der Waals surface area contributed by atoms with Gasteiger partial charge in [-0.2, -0.15) is 5.10 Å². The first-order valence-electron chi connectivity index (χ1n) is 8.40. The summed E-state index contributed by atoms with van der Waals surface area (Å²) < 4.78 is 15.2. The van der Waals surface area contributed by atoms with Gasteiger partial charge in [-0.1, -0.05) is 36.4 Å². The molecule has 5 nitrogen and oxygen atoms in total. The molecule has 0 aliphatic carbocycles. The van der Waals surface area contributed by atoms with Crippen molar-refractivity contribution in [3.63, 3.8) is 0 Å². The first-order chi connectivity index (χ1) is 12.4. The fourth-order valence-corrected chi connectivity index (χ4v) is 2.85. The summed E-state index contributed by atoms with van der Waals surface area (Å²) in [6.45, 7) is 3.78.